The molecule has 1 unspecified atom stereocenters. The largest absolute Gasteiger partial charge is 0.354 e. The summed E-state index contributed by atoms with van der Waals surface area (Å²) in [6.07, 6.45) is 7.78. The summed E-state index contributed by atoms with van der Waals surface area (Å²) in [5.74, 6) is 2.13. The highest BCUT2D eigenvalue weighted by Crippen LogP contribution is 2.42. The molecule has 1 saturated carbocycles. The van der Waals surface area contributed by atoms with E-state index in [1.807, 2.05) is 0 Å². The Balaban J connectivity index is 0.00000312. The number of guanidine groups is 1. The highest BCUT2D eigenvalue weighted by atomic mass is 127. The minimum absolute atomic E-state index is 0. The number of nitrogens with one attached hydrogen (secondary N) is 1. The third-order valence-corrected chi connectivity index (χ3v) is 6.70. The third-order valence-electron chi connectivity index (χ3n) is 5.16. The van der Waals surface area contributed by atoms with Crippen molar-refractivity contribution in [2.45, 2.75) is 63.2 Å². The number of carbonyl (C=O) groups excluding carboxylic acids is 1. The van der Waals surface area contributed by atoms with Crippen LogP contribution in [0.4, 0.5) is 0 Å². The average molecular weight is 482 g/mol. The molecule has 7 heteroatoms. The van der Waals surface area contributed by atoms with Crippen molar-refractivity contribution in [1.82, 2.24) is 15.1 Å². The fraction of sp³-hybridized carbons (Fsp3) is 0.889. The van der Waals surface area contributed by atoms with Gasteiger partial charge < -0.3 is 15.1 Å². The molecule has 1 N–H and O–H groups in total. The summed E-state index contributed by atoms with van der Waals surface area (Å²) in [5, 5.41) is 3.55. The molecule has 0 aromatic heterocycles. The smallest absolute Gasteiger partial charge is 0.243 e. The Kier molecular flexibility index (Phi) is 9.92. The zero-order chi connectivity index (χ0) is 17.6. The molecule has 1 atom stereocenters. The molecule has 1 aliphatic carbocycles. The molecule has 0 aromatic carbocycles. The van der Waals surface area contributed by atoms with E-state index in [0.29, 0.717) is 10.8 Å². The molecule has 1 saturated heterocycles. The van der Waals surface area contributed by atoms with E-state index in [1.54, 1.807) is 19.0 Å². The topological polar surface area (TPSA) is 47.9 Å². The molecule has 1 amide bonds. The summed E-state index contributed by atoms with van der Waals surface area (Å²) < 4.78 is 0.403. The molecule has 0 bridgehead atoms. The number of rotatable bonds is 4. The monoisotopic (exact) mass is 482 g/mol. The van der Waals surface area contributed by atoms with Gasteiger partial charge in [0.1, 0.15) is 6.54 Å². The predicted octanol–water partition coefficient (Wildman–Crippen LogP) is 3.19. The van der Waals surface area contributed by atoms with E-state index in [2.05, 4.69) is 40.8 Å². The van der Waals surface area contributed by atoms with E-state index in [-0.39, 0.29) is 36.4 Å². The zero-order valence-corrected chi connectivity index (χ0v) is 19.4. The number of nitrogens with zero attached hydrogens (tertiary/aromatic N) is 3. The SMILES string of the molecule is CCC(C)NC(=NCC(=O)N(C)C)N1CCSC2(CCCCC2)C1.I. The maximum absolute atomic E-state index is 11.9. The average Bonchev–Trinajstić information content (AvgIpc) is 2.58. The predicted molar refractivity (Wildman–Crippen MR) is 119 cm³/mol. The van der Waals surface area contributed by atoms with Crippen LogP contribution in [0.3, 0.4) is 0 Å². The summed E-state index contributed by atoms with van der Waals surface area (Å²) in [6, 6.07) is 0.370. The third kappa shape index (κ3) is 6.81. The van der Waals surface area contributed by atoms with Crippen LogP contribution in [-0.4, -0.2) is 71.9 Å². The summed E-state index contributed by atoms with van der Waals surface area (Å²) in [5.41, 5.74) is 0. The lowest BCUT2D eigenvalue weighted by Crippen LogP contribution is -2.55. The maximum Gasteiger partial charge on any atom is 0.243 e. The van der Waals surface area contributed by atoms with Crippen molar-refractivity contribution in [3.05, 3.63) is 0 Å². The van der Waals surface area contributed by atoms with Gasteiger partial charge in [0.15, 0.2) is 5.96 Å². The van der Waals surface area contributed by atoms with Crippen LogP contribution in [-0.2, 0) is 4.79 Å². The number of hydrogen-bond acceptors (Lipinski definition) is 3. The first-order valence-corrected chi connectivity index (χ1v) is 10.3. The summed E-state index contributed by atoms with van der Waals surface area (Å²) in [4.78, 5) is 20.6. The van der Waals surface area contributed by atoms with Crippen molar-refractivity contribution < 1.29 is 4.79 Å². The Morgan fingerprint density at radius 3 is 2.60 bits per heavy atom. The van der Waals surface area contributed by atoms with Gasteiger partial charge in [-0.1, -0.05) is 26.2 Å². The second kappa shape index (κ2) is 10.8. The second-order valence-corrected chi connectivity index (χ2v) is 8.96. The number of halogens is 1. The Hall–Kier alpha value is -0.180. The van der Waals surface area contributed by atoms with Crippen LogP contribution in [0.5, 0.6) is 0 Å². The van der Waals surface area contributed by atoms with Crippen LogP contribution in [0, 0.1) is 0 Å². The molecule has 5 nitrogen and oxygen atoms in total. The molecule has 2 aliphatic rings. The van der Waals surface area contributed by atoms with Gasteiger partial charge in [0.25, 0.3) is 0 Å². The van der Waals surface area contributed by atoms with Crippen LogP contribution in [0.2, 0.25) is 0 Å². The van der Waals surface area contributed by atoms with E-state index in [9.17, 15) is 4.79 Å². The van der Waals surface area contributed by atoms with E-state index >= 15 is 0 Å². The summed E-state index contributed by atoms with van der Waals surface area (Å²) >= 11 is 2.16. The number of thioether (sulfide) groups is 1. The molecule has 1 spiro atoms. The highest BCUT2D eigenvalue weighted by Gasteiger charge is 2.38. The molecule has 25 heavy (non-hydrogen) atoms. The van der Waals surface area contributed by atoms with E-state index in [1.165, 1.54) is 32.1 Å². The van der Waals surface area contributed by atoms with Crippen LogP contribution in [0.1, 0.15) is 52.4 Å². The molecule has 1 heterocycles. The molecule has 146 valence electrons. The number of likely N-dealkylation sites (N-methyl/N-ethyl adjacent to an activating group) is 1. The minimum atomic E-state index is 0. The highest BCUT2D eigenvalue weighted by molar-refractivity contribution is 14.0. The molecular weight excluding hydrogens is 447 g/mol. The second-order valence-electron chi connectivity index (χ2n) is 7.40. The molecular formula is C18H35IN4OS. The Labute approximate surface area is 174 Å². The number of carbonyl (C=O) groups is 1. The van der Waals surface area contributed by atoms with Gasteiger partial charge in [-0.3, -0.25) is 4.79 Å². The van der Waals surface area contributed by atoms with Crippen LogP contribution in [0.25, 0.3) is 0 Å². The van der Waals surface area contributed by atoms with Gasteiger partial charge in [-0.25, -0.2) is 4.99 Å². The first-order chi connectivity index (χ1) is 11.5. The number of amides is 1. The first-order valence-electron chi connectivity index (χ1n) is 9.36. The standard InChI is InChI=1S/C18H34N4OS.HI/c1-5-15(2)20-17(19-13-16(23)21(3)4)22-11-12-24-18(14-22)9-7-6-8-10-18;/h15H,5-14H2,1-4H3,(H,19,20);1H. The van der Waals surface area contributed by atoms with Gasteiger partial charge in [0, 0.05) is 43.7 Å². The number of aliphatic imine (C=N–C) groups is 1. The molecule has 2 rings (SSSR count). The van der Waals surface area contributed by atoms with Crippen LogP contribution in [0.15, 0.2) is 4.99 Å². The van der Waals surface area contributed by atoms with Gasteiger partial charge in [-0.2, -0.15) is 11.8 Å². The molecule has 0 radical (unpaired) electrons. The van der Waals surface area contributed by atoms with Crippen molar-refractivity contribution in [3.8, 4) is 0 Å². The van der Waals surface area contributed by atoms with Gasteiger partial charge in [-0.05, 0) is 26.2 Å². The van der Waals surface area contributed by atoms with Crippen molar-refractivity contribution in [3.63, 3.8) is 0 Å². The van der Waals surface area contributed by atoms with Crippen molar-refractivity contribution >= 4 is 47.6 Å². The minimum Gasteiger partial charge on any atom is -0.354 e. The lowest BCUT2D eigenvalue weighted by Gasteiger charge is -2.46. The van der Waals surface area contributed by atoms with Gasteiger partial charge in [0.05, 0.1) is 0 Å². The van der Waals surface area contributed by atoms with Crippen molar-refractivity contribution in [2.75, 3.05) is 39.5 Å². The zero-order valence-electron chi connectivity index (χ0n) is 16.2. The van der Waals surface area contributed by atoms with Gasteiger partial charge in [-0.15, -0.1) is 24.0 Å². The fourth-order valence-corrected chi connectivity index (χ4v) is 4.94. The normalized spacial score (nSPS) is 21.4. The van der Waals surface area contributed by atoms with Crippen LogP contribution >= 0.6 is 35.7 Å². The number of hydrogen-bond donors (Lipinski definition) is 1. The van der Waals surface area contributed by atoms with E-state index in [0.717, 1.165) is 31.2 Å². The van der Waals surface area contributed by atoms with Crippen LogP contribution < -0.4 is 5.32 Å². The lowest BCUT2D eigenvalue weighted by atomic mass is 9.87. The summed E-state index contributed by atoms with van der Waals surface area (Å²) in [6.45, 7) is 6.66. The fourth-order valence-electron chi connectivity index (χ4n) is 3.37. The molecule has 1 aliphatic heterocycles. The Morgan fingerprint density at radius 1 is 1.32 bits per heavy atom. The molecule has 2 fully saturated rings. The van der Waals surface area contributed by atoms with E-state index < -0.39 is 0 Å². The first kappa shape index (κ1) is 22.9. The van der Waals surface area contributed by atoms with Crippen molar-refractivity contribution in [2.24, 2.45) is 4.99 Å². The Bertz CT molecular complexity index is 447. The van der Waals surface area contributed by atoms with Crippen molar-refractivity contribution in [1.29, 1.82) is 0 Å². The van der Waals surface area contributed by atoms with E-state index in [4.69, 9.17) is 0 Å². The Morgan fingerprint density at radius 2 is 2.00 bits per heavy atom. The van der Waals surface area contributed by atoms with Gasteiger partial charge in [0.2, 0.25) is 5.91 Å². The maximum atomic E-state index is 11.9. The quantitative estimate of drug-likeness (QED) is 0.380. The van der Waals surface area contributed by atoms with Gasteiger partial charge >= 0.3 is 0 Å². The lowest BCUT2D eigenvalue weighted by molar-refractivity contribution is -0.127. The molecule has 0 aromatic rings. The summed E-state index contributed by atoms with van der Waals surface area (Å²) in [7, 11) is 3.57.